The quantitative estimate of drug-likeness (QED) is 0.186. The van der Waals surface area contributed by atoms with Gasteiger partial charge in [-0.2, -0.15) is 0 Å². The van der Waals surface area contributed by atoms with E-state index < -0.39 is 6.17 Å². The SMILES string of the molecule is c1ccc(C2=NC(c3cccc4c3oc3c(-n5c6ccccc6c6c(-c7ccccc7)cc(-c7ccccc7)cc65)cccc34)NC(c3ccccc3)=N2)cc1. The predicted octanol–water partition coefficient (Wildman–Crippen LogP) is 12.5. The minimum absolute atomic E-state index is 0.430. The molecular formula is C51H34N4O. The smallest absolute Gasteiger partial charge is 0.159 e. The van der Waals surface area contributed by atoms with Gasteiger partial charge in [0.1, 0.15) is 11.4 Å². The Bertz CT molecular complexity index is 3140. The van der Waals surface area contributed by atoms with Crippen LogP contribution in [0.25, 0.3) is 71.7 Å². The Morgan fingerprint density at radius 3 is 1.79 bits per heavy atom. The van der Waals surface area contributed by atoms with Crippen LogP contribution in [0.15, 0.2) is 209 Å². The second kappa shape index (κ2) is 13.1. The van der Waals surface area contributed by atoms with E-state index in [1.807, 2.05) is 36.4 Å². The van der Waals surface area contributed by atoms with Crippen molar-refractivity contribution in [2.24, 2.45) is 9.98 Å². The molecule has 0 bridgehead atoms. The highest BCUT2D eigenvalue weighted by atomic mass is 16.3. The monoisotopic (exact) mass is 718 g/mol. The van der Waals surface area contributed by atoms with E-state index in [1.165, 1.54) is 27.5 Å². The fraction of sp³-hybridized carbons (Fsp3) is 0.0196. The number of benzene rings is 8. The lowest BCUT2D eigenvalue weighted by Crippen LogP contribution is -2.33. The van der Waals surface area contributed by atoms with Crippen molar-refractivity contribution in [3.63, 3.8) is 0 Å². The van der Waals surface area contributed by atoms with Crippen molar-refractivity contribution in [3.8, 4) is 27.9 Å². The van der Waals surface area contributed by atoms with Gasteiger partial charge in [-0.05, 0) is 46.5 Å². The molecule has 0 aliphatic carbocycles. The van der Waals surface area contributed by atoms with E-state index in [0.717, 1.165) is 66.7 Å². The summed E-state index contributed by atoms with van der Waals surface area (Å²) >= 11 is 0. The van der Waals surface area contributed by atoms with Gasteiger partial charge in [0.05, 0.1) is 16.7 Å². The molecule has 2 aromatic heterocycles. The summed E-state index contributed by atoms with van der Waals surface area (Å²) in [6.07, 6.45) is -0.430. The Hall–Kier alpha value is -7.50. The Morgan fingerprint density at radius 2 is 1.05 bits per heavy atom. The molecule has 0 saturated carbocycles. The highest BCUT2D eigenvalue weighted by Crippen LogP contribution is 2.44. The molecule has 1 aliphatic rings. The number of aromatic nitrogens is 1. The summed E-state index contributed by atoms with van der Waals surface area (Å²) in [6, 6.07) is 68.0. The van der Waals surface area contributed by atoms with Crippen LogP contribution < -0.4 is 5.32 Å². The van der Waals surface area contributed by atoms with Crippen LogP contribution in [0.3, 0.4) is 0 Å². The molecule has 1 N–H and O–H groups in total. The summed E-state index contributed by atoms with van der Waals surface area (Å²) in [7, 11) is 0. The van der Waals surface area contributed by atoms with Crippen molar-refractivity contribution in [1.82, 2.24) is 9.88 Å². The molecule has 5 nitrogen and oxygen atoms in total. The zero-order chi connectivity index (χ0) is 37.0. The third-order valence-corrected chi connectivity index (χ3v) is 10.9. The first-order chi connectivity index (χ1) is 27.8. The Kier molecular flexibility index (Phi) is 7.49. The Labute approximate surface area is 323 Å². The molecule has 8 aromatic carbocycles. The van der Waals surface area contributed by atoms with Gasteiger partial charge in [-0.25, -0.2) is 9.98 Å². The molecule has 56 heavy (non-hydrogen) atoms. The van der Waals surface area contributed by atoms with Gasteiger partial charge in [0.25, 0.3) is 0 Å². The molecule has 0 radical (unpaired) electrons. The zero-order valence-electron chi connectivity index (χ0n) is 30.3. The standard InChI is InChI=1S/C51H34N4O/c1-5-17-33(18-6-1)37-31-42(34-19-7-2-8-20-34)46-40-25-13-14-29-43(40)55(45(46)32-37)44-30-16-27-39-38-26-15-28-41(47(38)56-48(39)44)51-53-49(35-21-9-3-10-22-35)52-50(54-51)36-23-11-4-12-24-36/h1-32,51H,(H,52,53,54). The summed E-state index contributed by atoms with van der Waals surface area (Å²) in [5, 5.41) is 8.14. The van der Waals surface area contributed by atoms with Crippen LogP contribution in [0.4, 0.5) is 0 Å². The molecule has 0 saturated heterocycles. The van der Waals surface area contributed by atoms with Crippen LogP contribution in [0.1, 0.15) is 22.9 Å². The van der Waals surface area contributed by atoms with E-state index in [-0.39, 0.29) is 0 Å². The van der Waals surface area contributed by atoms with Crippen LogP contribution in [0.2, 0.25) is 0 Å². The lowest BCUT2D eigenvalue weighted by molar-refractivity contribution is 0.627. The minimum Gasteiger partial charge on any atom is -0.453 e. The second-order valence-corrected chi connectivity index (χ2v) is 14.2. The molecule has 1 aliphatic heterocycles. The number of rotatable bonds is 6. The van der Waals surface area contributed by atoms with Gasteiger partial charge in [0, 0.05) is 38.2 Å². The van der Waals surface area contributed by atoms with Gasteiger partial charge in [-0.15, -0.1) is 0 Å². The zero-order valence-corrected chi connectivity index (χ0v) is 30.3. The maximum atomic E-state index is 7.13. The molecule has 1 unspecified atom stereocenters. The maximum absolute atomic E-state index is 7.13. The average Bonchev–Trinajstić information content (AvgIpc) is 3.83. The molecule has 0 spiro atoms. The number of amidine groups is 2. The van der Waals surface area contributed by atoms with E-state index in [2.05, 4.69) is 168 Å². The van der Waals surface area contributed by atoms with E-state index in [4.69, 9.17) is 14.4 Å². The molecule has 5 heteroatoms. The number of para-hydroxylation sites is 3. The van der Waals surface area contributed by atoms with Crippen molar-refractivity contribution in [2.45, 2.75) is 6.17 Å². The molecule has 3 heterocycles. The van der Waals surface area contributed by atoms with Gasteiger partial charge in [-0.3, -0.25) is 0 Å². The fourth-order valence-corrected chi connectivity index (χ4v) is 8.29. The topological polar surface area (TPSA) is 54.8 Å². The van der Waals surface area contributed by atoms with E-state index >= 15 is 0 Å². The van der Waals surface area contributed by atoms with Crippen molar-refractivity contribution in [3.05, 3.63) is 211 Å². The van der Waals surface area contributed by atoms with Gasteiger partial charge in [0.15, 0.2) is 17.6 Å². The number of hydrogen-bond acceptors (Lipinski definition) is 4. The average molecular weight is 719 g/mol. The summed E-state index contributed by atoms with van der Waals surface area (Å²) in [5.74, 6) is 1.45. The highest BCUT2D eigenvalue weighted by molar-refractivity contribution is 6.18. The van der Waals surface area contributed by atoms with Crippen molar-refractivity contribution in [2.75, 3.05) is 0 Å². The van der Waals surface area contributed by atoms with Crippen LogP contribution >= 0.6 is 0 Å². The van der Waals surface area contributed by atoms with Crippen LogP contribution in [0.5, 0.6) is 0 Å². The summed E-state index contributed by atoms with van der Waals surface area (Å²) in [4.78, 5) is 10.2. The van der Waals surface area contributed by atoms with E-state index in [1.54, 1.807) is 0 Å². The largest absolute Gasteiger partial charge is 0.453 e. The minimum atomic E-state index is -0.430. The molecule has 0 fully saturated rings. The highest BCUT2D eigenvalue weighted by Gasteiger charge is 2.26. The molecule has 1 atom stereocenters. The van der Waals surface area contributed by atoms with Crippen LogP contribution in [-0.2, 0) is 0 Å². The normalized spacial score (nSPS) is 14.2. The van der Waals surface area contributed by atoms with Crippen LogP contribution in [0, 0.1) is 0 Å². The Morgan fingerprint density at radius 1 is 0.464 bits per heavy atom. The molecule has 0 amide bonds. The van der Waals surface area contributed by atoms with Crippen molar-refractivity contribution >= 4 is 55.4 Å². The summed E-state index contributed by atoms with van der Waals surface area (Å²) in [5.41, 5.74) is 12.5. The maximum Gasteiger partial charge on any atom is 0.159 e. The Balaban J connectivity index is 1.15. The second-order valence-electron chi connectivity index (χ2n) is 14.2. The summed E-state index contributed by atoms with van der Waals surface area (Å²) < 4.78 is 9.52. The predicted molar refractivity (Wildman–Crippen MR) is 231 cm³/mol. The van der Waals surface area contributed by atoms with E-state index in [0.29, 0.717) is 5.84 Å². The van der Waals surface area contributed by atoms with Gasteiger partial charge >= 0.3 is 0 Å². The molecule has 10 aromatic rings. The summed E-state index contributed by atoms with van der Waals surface area (Å²) in [6.45, 7) is 0. The number of furan rings is 1. The van der Waals surface area contributed by atoms with Gasteiger partial charge in [-0.1, -0.05) is 170 Å². The third kappa shape index (κ3) is 5.24. The number of fused-ring (bicyclic) bond motifs is 6. The first kappa shape index (κ1) is 32.0. The first-order valence-electron chi connectivity index (χ1n) is 18.9. The van der Waals surface area contributed by atoms with Gasteiger partial charge < -0.3 is 14.3 Å². The number of hydrogen-bond donors (Lipinski definition) is 1. The van der Waals surface area contributed by atoms with E-state index in [9.17, 15) is 0 Å². The lowest BCUT2D eigenvalue weighted by atomic mass is 9.94. The number of aliphatic imine (C=N–C) groups is 2. The van der Waals surface area contributed by atoms with Crippen molar-refractivity contribution in [1.29, 1.82) is 0 Å². The lowest BCUT2D eigenvalue weighted by Gasteiger charge is -2.23. The first-order valence-corrected chi connectivity index (χ1v) is 18.9. The molecular weight excluding hydrogens is 685 g/mol. The fourth-order valence-electron chi connectivity index (χ4n) is 8.29. The third-order valence-electron chi connectivity index (χ3n) is 10.9. The molecule has 264 valence electrons. The van der Waals surface area contributed by atoms with Crippen LogP contribution in [-0.4, -0.2) is 16.2 Å². The number of nitrogens with one attached hydrogen (secondary N) is 1. The van der Waals surface area contributed by atoms with Crippen molar-refractivity contribution < 1.29 is 4.42 Å². The van der Waals surface area contributed by atoms with Gasteiger partial charge in [0.2, 0.25) is 0 Å². The molecule has 11 rings (SSSR count). The number of nitrogens with zero attached hydrogens (tertiary/aromatic N) is 3.